The van der Waals surface area contributed by atoms with Crippen LogP contribution in [0, 0.1) is 11.8 Å². The normalized spacial score (nSPS) is 23.7. The van der Waals surface area contributed by atoms with Crippen LogP contribution >= 0.6 is 0 Å². The average Bonchev–Trinajstić information content (AvgIpc) is 3.78. The number of rotatable bonds is 7. The van der Waals surface area contributed by atoms with Crippen molar-refractivity contribution in [2.75, 3.05) is 37.6 Å². The van der Waals surface area contributed by atoms with Crippen LogP contribution in [-0.4, -0.2) is 88.1 Å². The van der Waals surface area contributed by atoms with Gasteiger partial charge in [-0.05, 0) is 127 Å². The fraction of sp³-hybridized carbons (Fsp3) is 0.408. The number of carbonyl (C=O) groups is 5. The zero-order chi connectivity index (χ0) is 41.1. The molecule has 308 valence electrons. The number of nitrogens with zero attached hydrogens (tertiary/aromatic N) is 4. The molecule has 5 aliphatic heterocycles. The van der Waals surface area contributed by atoms with Crippen molar-refractivity contribution < 1.29 is 29.1 Å². The minimum Gasteiger partial charge on any atom is -0.508 e. The Morgan fingerprint density at radius 3 is 2.03 bits per heavy atom. The van der Waals surface area contributed by atoms with Crippen LogP contribution < -0.4 is 10.2 Å². The summed E-state index contributed by atoms with van der Waals surface area (Å²) in [6.45, 7) is 5.53. The maximum Gasteiger partial charge on any atom is 0.262 e. The molecule has 10 rings (SSSR count). The highest BCUT2D eigenvalue weighted by Gasteiger charge is 2.45. The van der Waals surface area contributed by atoms with Gasteiger partial charge >= 0.3 is 0 Å². The summed E-state index contributed by atoms with van der Waals surface area (Å²) in [5.74, 6) is -0.215. The molecule has 6 aliphatic rings. The van der Waals surface area contributed by atoms with Crippen LogP contribution in [0.2, 0.25) is 0 Å². The number of amides is 5. The molecule has 3 saturated heterocycles. The smallest absolute Gasteiger partial charge is 0.262 e. The lowest BCUT2D eigenvalue weighted by atomic mass is 9.69. The fourth-order valence-corrected chi connectivity index (χ4v) is 11.1. The first kappa shape index (κ1) is 38.4. The average molecular weight is 806 g/mol. The van der Waals surface area contributed by atoms with Gasteiger partial charge in [0, 0.05) is 69.8 Å². The Bertz CT molecular complexity index is 2320. The van der Waals surface area contributed by atoms with Crippen molar-refractivity contribution in [3.63, 3.8) is 0 Å². The number of nitrogens with one attached hydrogen (secondary N) is 1. The van der Waals surface area contributed by atoms with Crippen molar-refractivity contribution >= 4 is 35.2 Å². The number of phenolic OH excluding ortho intramolecular Hbond substituents is 1. The van der Waals surface area contributed by atoms with Gasteiger partial charge in [0.2, 0.25) is 17.7 Å². The van der Waals surface area contributed by atoms with Crippen LogP contribution in [0.15, 0.2) is 84.9 Å². The van der Waals surface area contributed by atoms with Crippen LogP contribution in [0.1, 0.15) is 111 Å². The Hall–Kier alpha value is -5.81. The first-order valence-corrected chi connectivity index (χ1v) is 21.8. The van der Waals surface area contributed by atoms with Gasteiger partial charge < -0.3 is 14.9 Å². The second-order valence-electron chi connectivity index (χ2n) is 17.8. The monoisotopic (exact) mass is 805 g/mol. The molecule has 11 heteroatoms. The first-order valence-electron chi connectivity index (χ1n) is 21.8. The van der Waals surface area contributed by atoms with Crippen LogP contribution in [0.5, 0.6) is 5.75 Å². The molecule has 1 aliphatic carbocycles. The van der Waals surface area contributed by atoms with E-state index in [1.165, 1.54) is 27.9 Å². The summed E-state index contributed by atoms with van der Waals surface area (Å²) >= 11 is 0. The van der Waals surface area contributed by atoms with Crippen molar-refractivity contribution in [1.82, 2.24) is 20.0 Å². The van der Waals surface area contributed by atoms with Gasteiger partial charge in [0.05, 0.1) is 11.1 Å². The van der Waals surface area contributed by atoms with Gasteiger partial charge in [-0.2, -0.15) is 0 Å². The summed E-state index contributed by atoms with van der Waals surface area (Å²) in [7, 11) is 0. The summed E-state index contributed by atoms with van der Waals surface area (Å²) in [5, 5.41) is 12.5. The van der Waals surface area contributed by atoms with E-state index in [4.69, 9.17) is 0 Å². The topological polar surface area (TPSA) is 131 Å². The number of aryl methyl sites for hydroxylation is 1. The quantitative estimate of drug-likeness (QED) is 0.214. The Morgan fingerprint density at radius 1 is 0.683 bits per heavy atom. The van der Waals surface area contributed by atoms with Crippen molar-refractivity contribution in [3.8, 4) is 5.75 Å². The highest BCUT2D eigenvalue weighted by molar-refractivity contribution is 6.23. The molecule has 4 aromatic rings. The zero-order valence-corrected chi connectivity index (χ0v) is 33.9. The molecule has 0 radical (unpaired) electrons. The minimum absolute atomic E-state index is 0.0465. The third kappa shape index (κ3) is 7.06. The number of piperidine rings is 3. The molecule has 3 unspecified atom stereocenters. The van der Waals surface area contributed by atoms with Gasteiger partial charge in [-0.15, -0.1) is 0 Å². The Kier molecular flexibility index (Phi) is 10.0. The summed E-state index contributed by atoms with van der Waals surface area (Å²) in [6.07, 6.45) is 5.83. The van der Waals surface area contributed by atoms with Gasteiger partial charge in [-0.1, -0.05) is 48.5 Å². The standard InChI is InChI=1S/C49H51N5O6/c55-38-11-13-40-34(24-38)8-12-39(31-4-2-1-3-5-31)45(40)32-6-9-37(10-7-32)52-22-18-33(19-23-52)47(58)53-20-16-30(17-21-53)27-51-28-35-25-41-42(26-36(35)29-51)49(60)54(48(41)59)43-14-15-44(56)50-46(43)57/h1-7,9-11,13,24-26,30,33,39,43,45,55H,8,12,14-23,27-29H2,(H,50,56,57). The number of anilines is 1. The third-order valence-corrected chi connectivity index (χ3v) is 14.3. The van der Waals surface area contributed by atoms with E-state index < -0.39 is 23.8 Å². The van der Waals surface area contributed by atoms with Crippen LogP contribution in [0.3, 0.4) is 0 Å². The Labute approximate surface area is 350 Å². The third-order valence-electron chi connectivity index (χ3n) is 14.3. The van der Waals surface area contributed by atoms with Gasteiger partial charge in [0.25, 0.3) is 11.8 Å². The molecule has 0 aromatic heterocycles. The maximum absolute atomic E-state index is 13.8. The number of phenols is 1. The molecule has 11 nitrogen and oxygen atoms in total. The van der Waals surface area contributed by atoms with E-state index in [1.807, 2.05) is 24.3 Å². The number of imide groups is 2. The number of hydrogen-bond acceptors (Lipinski definition) is 8. The number of hydrogen-bond donors (Lipinski definition) is 2. The molecule has 2 N–H and O–H groups in total. The molecule has 5 heterocycles. The molecule has 60 heavy (non-hydrogen) atoms. The molecule has 0 bridgehead atoms. The highest BCUT2D eigenvalue weighted by atomic mass is 16.3. The van der Waals surface area contributed by atoms with Crippen molar-refractivity contribution in [1.29, 1.82) is 0 Å². The van der Waals surface area contributed by atoms with Gasteiger partial charge in [-0.25, -0.2) is 0 Å². The molecule has 4 aromatic carbocycles. The maximum atomic E-state index is 13.8. The fourth-order valence-electron chi connectivity index (χ4n) is 11.1. The van der Waals surface area contributed by atoms with Gasteiger partial charge in [0.15, 0.2) is 0 Å². The van der Waals surface area contributed by atoms with Crippen molar-refractivity contribution in [2.45, 2.75) is 82.3 Å². The lowest BCUT2D eigenvalue weighted by molar-refractivity contribution is -0.138. The first-order chi connectivity index (χ1) is 29.2. The highest BCUT2D eigenvalue weighted by Crippen LogP contribution is 2.47. The van der Waals surface area contributed by atoms with E-state index in [1.54, 1.807) is 0 Å². The minimum atomic E-state index is -0.963. The zero-order valence-electron chi connectivity index (χ0n) is 33.9. The predicted molar refractivity (Wildman–Crippen MR) is 225 cm³/mol. The number of benzene rings is 4. The summed E-state index contributed by atoms with van der Waals surface area (Å²) in [5.41, 5.74) is 9.11. The van der Waals surface area contributed by atoms with E-state index in [2.05, 4.69) is 80.7 Å². The van der Waals surface area contributed by atoms with E-state index in [-0.39, 0.29) is 30.6 Å². The second kappa shape index (κ2) is 15.7. The Morgan fingerprint density at radius 2 is 1.37 bits per heavy atom. The molecule has 3 atom stereocenters. The molecular formula is C49H51N5O6. The van der Waals surface area contributed by atoms with E-state index in [0.29, 0.717) is 47.7 Å². The molecule has 3 fully saturated rings. The van der Waals surface area contributed by atoms with Crippen LogP contribution in [0.4, 0.5) is 5.69 Å². The molecule has 0 saturated carbocycles. The number of fused-ring (bicyclic) bond motifs is 3. The predicted octanol–water partition coefficient (Wildman–Crippen LogP) is 6.13. The second-order valence-corrected chi connectivity index (χ2v) is 17.8. The van der Waals surface area contributed by atoms with Gasteiger partial charge in [-0.3, -0.25) is 39.1 Å². The van der Waals surface area contributed by atoms with Crippen LogP contribution in [-0.2, 0) is 33.9 Å². The van der Waals surface area contributed by atoms with Crippen molar-refractivity contribution in [2.24, 2.45) is 11.8 Å². The van der Waals surface area contributed by atoms with E-state index >= 15 is 0 Å². The van der Waals surface area contributed by atoms with Gasteiger partial charge in [0.1, 0.15) is 11.8 Å². The van der Waals surface area contributed by atoms with E-state index in [0.717, 1.165) is 87.3 Å². The number of likely N-dealkylation sites (tertiary alicyclic amines) is 1. The number of carbonyl (C=O) groups excluding carboxylic acids is 5. The van der Waals surface area contributed by atoms with Crippen LogP contribution in [0.25, 0.3) is 0 Å². The van der Waals surface area contributed by atoms with E-state index in [9.17, 15) is 29.1 Å². The molecule has 0 spiro atoms. The molecular weight excluding hydrogens is 755 g/mol. The number of aromatic hydroxyl groups is 1. The van der Waals surface area contributed by atoms with Crippen molar-refractivity contribution in [3.05, 3.63) is 129 Å². The molecule has 5 amide bonds. The lowest BCUT2D eigenvalue weighted by Gasteiger charge is -2.39. The lowest BCUT2D eigenvalue weighted by Crippen LogP contribution is -2.54. The Balaban J connectivity index is 0.710. The largest absolute Gasteiger partial charge is 0.508 e. The SMILES string of the molecule is O=C1CCC(N2C(=O)c3cc4c(cc3C2=O)CN(CC2CCN(C(=O)C3CCN(c5ccc(C6c7ccc(O)cc7CCC6c6ccccc6)cc5)CC3)CC2)C4)C(=O)N1. The summed E-state index contributed by atoms with van der Waals surface area (Å²) in [4.78, 5) is 72.5. The summed E-state index contributed by atoms with van der Waals surface area (Å²) < 4.78 is 0. The summed E-state index contributed by atoms with van der Waals surface area (Å²) in [6, 6.07) is 28.4.